The van der Waals surface area contributed by atoms with Crippen molar-refractivity contribution in [2.75, 3.05) is 25.5 Å². The molecule has 3 heteroatoms. The molecular weight excluding hydrogens is 231 g/mol. The fourth-order valence-electron chi connectivity index (χ4n) is 1.60. The molecule has 15 heavy (non-hydrogen) atoms. The molecule has 0 amide bonds. The van der Waals surface area contributed by atoms with Crippen molar-refractivity contribution >= 4 is 23.2 Å². The van der Waals surface area contributed by atoms with Gasteiger partial charge in [0, 0.05) is 24.3 Å². The summed E-state index contributed by atoms with van der Waals surface area (Å²) >= 11 is 12.1. The normalized spacial score (nSPS) is 11.7. The van der Waals surface area contributed by atoms with Crippen molar-refractivity contribution in [3.8, 4) is 0 Å². The smallest absolute Gasteiger partial charge is 0.0582 e. The van der Waals surface area contributed by atoms with E-state index in [9.17, 15) is 0 Å². The average molecular weight is 247 g/mol. The summed E-state index contributed by atoms with van der Waals surface area (Å²) in [5.41, 5.74) is 2.08. The zero-order valence-corrected chi connectivity index (χ0v) is 10.6. The van der Waals surface area contributed by atoms with Gasteiger partial charge in [-0.3, -0.25) is 0 Å². The van der Waals surface area contributed by atoms with Crippen molar-refractivity contribution in [1.82, 2.24) is 0 Å². The average Bonchev–Trinajstić information content (AvgIpc) is 2.26. The Hall–Kier alpha value is -0.240. The number of hydrogen-bond acceptors (Lipinski definition) is 1. The van der Waals surface area contributed by atoms with Gasteiger partial charge in [-0.2, -0.15) is 0 Å². The molecule has 0 fully saturated rings. The number of hydrogen-bond donors (Lipinski definition) is 0. The summed E-state index contributed by atoms with van der Waals surface area (Å²) in [5, 5.41) is 0. The first-order valence-electron chi connectivity index (χ1n) is 4.86. The molecule has 0 aliphatic carbocycles. The lowest BCUT2D eigenvalue weighted by atomic mass is 9.84. The number of ether oxygens (including phenoxy) is 1. The zero-order chi connectivity index (χ0) is 11.3. The molecule has 0 bridgehead atoms. The Morgan fingerprint density at radius 2 is 1.93 bits per heavy atom. The van der Waals surface area contributed by atoms with Gasteiger partial charge in [0.25, 0.3) is 0 Å². The lowest BCUT2D eigenvalue weighted by molar-refractivity contribution is 0.149. The first kappa shape index (κ1) is 12.8. The topological polar surface area (TPSA) is 9.23 Å². The summed E-state index contributed by atoms with van der Waals surface area (Å²) in [5.74, 6) is 0.932. The van der Waals surface area contributed by atoms with E-state index >= 15 is 0 Å². The molecule has 0 saturated heterocycles. The molecule has 0 aliphatic heterocycles. The molecule has 0 unspecified atom stereocenters. The number of aryl methyl sites for hydroxylation is 1. The van der Waals surface area contributed by atoms with E-state index < -0.39 is 0 Å². The summed E-state index contributed by atoms with van der Waals surface area (Å²) in [6, 6.07) is 8.25. The molecule has 0 atom stereocenters. The minimum atomic E-state index is -0.274. The van der Waals surface area contributed by atoms with Crippen LogP contribution in [0.2, 0.25) is 0 Å². The van der Waals surface area contributed by atoms with Gasteiger partial charge >= 0.3 is 0 Å². The molecule has 0 heterocycles. The second kappa shape index (κ2) is 5.74. The molecule has 1 aromatic carbocycles. The van der Waals surface area contributed by atoms with Crippen LogP contribution in [0.5, 0.6) is 0 Å². The van der Waals surface area contributed by atoms with Crippen LogP contribution in [0.15, 0.2) is 24.3 Å². The Morgan fingerprint density at radius 1 is 1.27 bits per heavy atom. The highest BCUT2D eigenvalue weighted by molar-refractivity contribution is 6.22. The van der Waals surface area contributed by atoms with Crippen molar-refractivity contribution in [1.29, 1.82) is 0 Å². The third-order valence-corrected chi connectivity index (χ3v) is 3.59. The van der Waals surface area contributed by atoms with E-state index in [1.807, 2.05) is 6.07 Å². The van der Waals surface area contributed by atoms with Gasteiger partial charge in [-0.1, -0.05) is 29.8 Å². The highest BCUT2D eigenvalue weighted by Gasteiger charge is 2.30. The predicted molar refractivity (Wildman–Crippen MR) is 66.2 cm³/mol. The van der Waals surface area contributed by atoms with Crippen molar-refractivity contribution in [3.05, 3.63) is 35.4 Å². The maximum absolute atomic E-state index is 6.03. The molecule has 1 aromatic rings. The molecule has 0 aromatic heterocycles. The number of rotatable bonds is 5. The van der Waals surface area contributed by atoms with Crippen LogP contribution in [-0.4, -0.2) is 25.5 Å². The summed E-state index contributed by atoms with van der Waals surface area (Å²) in [4.78, 5) is 0. The molecule has 1 rings (SSSR count). The Bertz CT molecular complexity index is 308. The summed E-state index contributed by atoms with van der Waals surface area (Å²) in [7, 11) is 1.67. The molecule has 0 spiro atoms. The van der Waals surface area contributed by atoms with Gasteiger partial charge in [-0.25, -0.2) is 0 Å². The number of benzene rings is 1. The van der Waals surface area contributed by atoms with Gasteiger partial charge in [0.1, 0.15) is 0 Å². The van der Waals surface area contributed by atoms with E-state index in [4.69, 9.17) is 27.9 Å². The van der Waals surface area contributed by atoms with Gasteiger partial charge < -0.3 is 4.74 Å². The fourth-order valence-corrected chi connectivity index (χ4v) is 2.35. The number of alkyl halides is 2. The molecule has 0 N–H and O–H groups in total. The predicted octanol–water partition coefficient (Wildman–Crippen LogP) is 3.36. The maximum Gasteiger partial charge on any atom is 0.0582 e. The van der Waals surface area contributed by atoms with Crippen molar-refractivity contribution < 1.29 is 4.74 Å². The van der Waals surface area contributed by atoms with Crippen molar-refractivity contribution in [3.63, 3.8) is 0 Å². The lowest BCUT2D eigenvalue weighted by Gasteiger charge is -2.29. The maximum atomic E-state index is 6.03. The lowest BCUT2D eigenvalue weighted by Crippen LogP contribution is -2.35. The Labute approximate surface area is 101 Å². The highest BCUT2D eigenvalue weighted by atomic mass is 35.5. The van der Waals surface area contributed by atoms with Crippen LogP contribution in [0.25, 0.3) is 0 Å². The molecule has 0 saturated carbocycles. The largest absolute Gasteiger partial charge is 0.384 e. The third-order valence-electron chi connectivity index (χ3n) is 2.56. The SMILES string of the molecule is COCC(CCl)(CCl)c1cccc(C)c1. The van der Waals surface area contributed by atoms with Crippen LogP contribution in [0.4, 0.5) is 0 Å². The monoisotopic (exact) mass is 246 g/mol. The Balaban J connectivity index is 3.07. The van der Waals surface area contributed by atoms with E-state index in [0.717, 1.165) is 5.56 Å². The van der Waals surface area contributed by atoms with Crippen LogP contribution in [0.3, 0.4) is 0 Å². The van der Waals surface area contributed by atoms with Gasteiger partial charge in [0.15, 0.2) is 0 Å². The molecular formula is C12H16Cl2O. The van der Waals surface area contributed by atoms with Crippen LogP contribution in [0, 0.1) is 6.92 Å². The Morgan fingerprint density at radius 3 is 2.40 bits per heavy atom. The van der Waals surface area contributed by atoms with E-state index in [1.165, 1.54) is 5.56 Å². The van der Waals surface area contributed by atoms with Crippen LogP contribution in [0.1, 0.15) is 11.1 Å². The number of halogens is 2. The second-order valence-corrected chi connectivity index (χ2v) is 4.38. The standard InChI is InChI=1S/C12H16Cl2O/c1-10-4-3-5-11(6-10)12(7-13,8-14)9-15-2/h3-6H,7-9H2,1-2H3. The van der Waals surface area contributed by atoms with Crippen LogP contribution in [-0.2, 0) is 10.2 Å². The molecule has 0 radical (unpaired) electrons. The van der Waals surface area contributed by atoms with E-state index in [1.54, 1.807) is 7.11 Å². The molecule has 1 nitrogen and oxygen atoms in total. The van der Waals surface area contributed by atoms with Crippen LogP contribution >= 0.6 is 23.2 Å². The van der Waals surface area contributed by atoms with Crippen molar-refractivity contribution in [2.45, 2.75) is 12.3 Å². The van der Waals surface area contributed by atoms with Gasteiger partial charge in [0.2, 0.25) is 0 Å². The zero-order valence-electron chi connectivity index (χ0n) is 9.09. The minimum Gasteiger partial charge on any atom is -0.384 e. The third kappa shape index (κ3) is 2.87. The quantitative estimate of drug-likeness (QED) is 0.725. The molecule has 84 valence electrons. The van der Waals surface area contributed by atoms with Crippen LogP contribution < -0.4 is 0 Å². The number of methoxy groups -OCH3 is 1. The first-order valence-corrected chi connectivity index (χ1v) is 5.93. The fraction of sp³-hybridized carbons (Fsp3) is 0.500. The first-order chi connectivity index (χ1) is 7.18. The summed E-state index contributed by atoms with van der Waals surface area (Å²) < 4.78 is 5.21. The van der Waals surface area contributed by atoms with E-state index in [2.05, 4.69) is 25.1 Å². The van der Waals surface area contributed by atoms with Gasteiger partial charge in [-0.05, 0) is 12.5 Å². The second-order valence-electron chi connectivity index (χ2n) is 3.85. The van der Waals surface area contributed by atoms with E-state index in [0.29, 0.717) is 18.4 Å². The van der Waals surface area contributed by atoms with E-state index in [-0.39, 0.29) is 5.41 Å². The summed E-state index contributed by atoms with van der Waals surface area (Å²) in [6.45, 7) is 2.60. The highest BCUT2D eigenvalue weighted by Crippen LogP contribution is 2.28. The Kier molecular flexibility index (Phi) is 4.91. The summed E-state index contributed by atoms with van der Waals surface area (Å²) in [6.07, 6.45) is 0. The van der Waals surface area contributed by atoms with Gasteiger partial charge in [0.05, 0.1) is 6.61 Å². The minimum absolute atomic E-state index is 0.274. The van der Waals surface area contributed by atoms with Crippen molar-refractivity contribution in [2.24, 2.45) is 0 Å². The molecule has 0 aliphatic rings. The van der Waals surface area contributed by atoms with Gasteiger partial charge in [-0.15, -0.1) is 23.2 Å².